The zero-order valence-corrected chi connectivity index (χ0v) is 8.97. The maximum atomic E-state index is 3.20. The fraction of sp³-hybridized carbons (Fsp3) is 0.714. The topological polar surface area (TPSA) is 0 Å². The Kier molecular flexibility index (Phi) is 3.69. The number of hydrogen-bond acceptors (Lipinski definition) is 0. The summed E-state index contributed by atoms with van der Waals surface area (Å²) in [6.45, 7) is 0. The van der Waals surface area contributed by atoms with Gasteiger partial charge in [0, 0.05) is 12.8 Å². The minimum Gasteiger partial charge on any atom is -0.103 e. The van der Waals surface area contributed by atoms with E-state index in [2.05, 4.69) is 24.0 Å². The Morgan fingerprint density at radius 3 is 2.79 bits per heavy atom. The van der Waals surface area contributed by atoms with Gasteiger partial charge in [-0.15, -0.1) is 11.8 Å². The van der Waals surface area contributed by atoms with Gasteiger partial charge in [0.25, 0.3) is 0 Å². The van der Waals surface area contributed by atoms with Crippen LogP contribution < -0.4 is 0 Å². The zero-order valence-electron chi connectivity index (χ0n) is 8.97. The van der Waals surface area contributed by atoms with Crippen molar-refractivity contribution in [2.45, 2.75) is 51.4 Å². The lowest BCUT2D eigenvalue weighted by molar-refractivity contribution is 0.430. The quantitative estimate of drug-likeness (QED) is 0.465. The first-order valence-electron chi connectivity index (χ1n) is 6.07. The van der Waals surface area contributed by atoms with Crippen LogP contribution in [0.2, 0.25) is 0 Å². The first-order chi connectivity index (χ1) is 6.95. The highest BCUT2D eigenvalue weighted by Gasteiger charge is 2.13. The molecule has 76 valence electrons. The van der Waals surface area contributed by atoms with Crippen LogP contribution in [0.25, 0.3) is 0 Å². The van der Waals surface area contributed by atoms with Crippen LogP contribution >= 0.6 is 0 Å². The van der Waals surface area contributed by atoms with Gasteiger partial charge in [0.2, 0.25) is 0 Å². The fourth-order valence-electron chi connectivity index (χ4n) is 2.45. The van der Waals surface area contributed by atoms with Crippen molar-refractivity contribution in [2.75, 3.05) is 0 Å². The summed E-state index contributed by atoms with van der Waals surface area (Å²) in [6, 6.07) is 0. The second-order valence-corrected chi connectivity index (χ2v) is 4.68. The molecule has 2 aliphatic rings. The molecule has 0 bridgehead atoms. The molecule has 0 aromatic carbocycles. The van der Waals surface area contributed by atoms with Gasteiger partial charge in [-0.05, 0) is 43.9 Å². The third-order valence-electron chi connectivity index (χ3n) is 3.46. The predicted octanol–water partition coefficient (Wildman–Crippen LogP) is 3.93. The minimum atomic E-state index is 0.867. The van der Waals surface area contributed by atoms with Crippen molar-refractivity contribution in [1.82, 2.24) is 0 Å². The molecule has 0 saturated carbocycles. The Morgan fingerprint density at radius 2 is 1.93 bits per heavy atom. The first kappa shape index (κ1) is 9.84. The van der Waals surface area contributed by atoms with Crippen molar-refractivity contribution in [3.8, 4) is 11.8 Å². The molecule has 0 N–H and O–H groups in total. The molecule has 0 aromatic heterocycles. The molecular weight excluding hydrogens is 168 g/mol. The molecular formula is C14H20. The second kappa shape index (κ2) is 5.25. The first-order valence-corrected chi connectivity index (χ1v) is 6.07. The lowest BCUT2D eigenvalue weighted by atomic mass is 9.91. The number of rotatable bonds is 3. The molecule has 1 unspecified atom stereocenters. The van der Waals surface area contributed by atoms with Crippen molar-refractivity contribution in [2.24, 2.45) is 11.8 Å². The molecule has 0 fully saturated rings. The molecule has 0 heteroatoms. The lowest BCUT2D eigenvalue weighted by Crippen LogP contribution is -2.01. The van der Waals surface area contributed by atoms with E-state index in [1.54, 1.807) is 0 Å². The van der Waals surface area contributed by atoms with E-state index in [1.807, 2.05) is 0 Å². The van der Waals surface area contributed by atoms with E-state index < -0.39 is 0 Å². The van der Waals surface area contributed by atoms with E-state index in [4.69, 9.17) is 0 Å². The average molecular weight is 188 g/mol. The summed E-state index contributed by atoms with van der Waals surface area (Å²) in [5.74, 6) is 8.15. The van der Waals surface area contributed by atoms with Crippen LogP contribution in [0, 0.1) is 23.7 Å². The van der Waals surface area contributed by atoms with Crippen molar-refractivity contribution in [1.29, 1.82) is 0 Å². The van der Waals surface area contributed by atoms with Crippen molar-refractivity contribution >= 4 is 0 Å². The molecule has 14 heavy (non-hydrogen) atoms. The van der Waals surface area contributed by atoms with Crippen LogP contribution in [0.3, 0.4) is 0 Å². The van der Waals surface area contributed by atoms with Gasteiger partial charge in [-0.2, -0.15) is 0 Å². The third-order valence-corrected chi connectivity index (χ3v) is 3.46. The van der Waals surface area contributed by atoms with E-state index in [-0.39, 0.29) is 0 Å². The molecule has 0 amide bonds. The summed E-state index contributed by atoms with van der Waals surface area (Å²) >= 11 is 0. The SMILES string of the molecule is C1#CCC(CCC2C=CCCCC2)C1. The summed E-state index contributed by atoms with van der Waals surface area (Å²) in [7, 11) is 0. The summed E-state index contributed by atoms with van der Waals surface area (Å²) in [4.78, 5) is 0. The highest BCUT2D eigenvalue weighted by Crippen LogP contribution is 2.26. The molecule has 0 nitrogen and oxygen atoms in total. The van der Waals surface area contributed by atoms with Gasteiger partial charge in [0.1, 0.15) is 0 Å². The largest absolute Gasteiger partial charge is 0.103 e. The smallest absolute Gasteiger partial charge is 0.0126 e. The van der Waals surface area contributed by atoms with Gasteiger partial charge in [-0.25, -0.2) is 0 Å². The van der Waals surface area contributed by atoms with Gasteiger partial charge >= 0.3 is 0 Å². The number of hydrogen-bond donors (Lipinski definition) is 0. The van der Waals surface area contributed by atoms with E-state index in [0.717, 1.165) is 24.7 Å². The van der Waals surface area contributed by atoms with Crippen LogP contribution in [0.4, 0.5) is 0 Å². The van der Waals surface area contributed by atoms with Crippen LogP contribution in [0.5, 0.6) is 0 Å². The molecule has 1 atom stereocenters. The van der Waals surface area contributed by atoms with Gasteiger partial charge in [-0.1, -0.05) is 18.6 Å². The summed E-state index contributed by atoms with van der Waals surface area (Å²) in [5.41, 5.74) is 0. The number of allylic oxidation sites excluding steroid dienone is 2. The zero-order chi connectivity index (χ0) is 9.64. The van der Waals surface area contributed by atoms with E-state index in [9.17, 15) is 0 Å². The predicted molar refractivity (Wildman–Crippen MR) is 60.8 cm³/mol. The Bertz CT molecular complexity index is 241. The van der Waals surface area contributed by atoms with Gasteiger partial charge in [0.15, 0.2) is 0 Å². The minimum absolute atomic E-state index is 0.867. The molecule has 0 aromatic rings. The summed E-state index contributed by atoms with van der Waals surface area (Å²) < 4.78 is 0. The van der Waals surface area contributed by atoms with E-state index in [0.29, 0.717) is 0 Å². The molecule has 0 spiro atoms. The van der Waals surface area contributed by atoms with Gasteiger partial charge in [-0.3, -0.25) is 0 Å². The molecule has 0 aliphatic heterocycles. The molecule has 0 radical (unpaired) electrons. The standard InChI is InChI=1S/C14H20/c1-2-4-8-13(7-3-1)11-12-14-9-5-6-10-14/h3,7,13-14H,1-2,4,8-12H2. The Labute approximate surface area is 87.8 Å². The monoisotopic (exact) mass is 188 g/mol. The Morgan fingerprint density at radius 1 is 1.07 bits per heavy atom. The highest BCUT2D eigenvalue weighted by molar-refractivity contribution is 5.08. The highest BCUT2D eigenvalue weighted by atomic mass is 14.2. The van der Waals surface area contributed by atoms with Crippen LogP contribution in [0.1, 0.15) is 51.4 Å². The van der Waals surface area contributed by atoms with E-state index in [1.165, 1.54) is 38.5 Å². The van der Waals surface area contributed by atoms with Crippen LogP contribution in [-0.2, 0) is 0 Å². The molecule has 0 heterocycles. The van der Waals surface area contributed by atoms with Gasteiger partial charge < -0.3 is 0 Å². The van der Waals surface area contributed by atoms with Crippen molar-refractivity contribution in [3.05, 3.63) is 12.2 Å². The maximum absolute atomic E-state index is 3.20. The van der Waals surface area contributed by atoms with Crippen LogP contribution in [-0.4, -0.2) is 0 Å². The molecule has 0 saturated heterocycles. The summed E-state index contributed by atoms with van der Waals surface area (Å²) in [5, 5.41) is 0. The van der Waals surface area contributed by atoms with Gasteiger partial charge in [0.05, 0.1) is 0 Å². The molecule has 2 rings (SSSR count). The Balaban J connectivity index is 1.68. The normalized spacial score (nSPS) is 27.0. The summed E-state index contributed by atoms with van der Waals surface area (Å²) in [6.07, 6.45) is 15.5. The van der Waals surface area contributed by atoms with Crippen molar-refractivity contribution < 1.29 is 0 Å². The Hall–Kier alpha value is -0.700. The van der Waals surface area contributed by atoms with Crippen molar-refractivity contribution in [3.63, 3.8) is 0 Å². The van der Waals surface area contributed by atoms with E-state index >= 15 is 0 Å². The molecule has 2 aliphatic carbocycles. The third kappa shape index (κ3) is 2.91. The average Bonchev–Trinajstić information content (AvgIpc) is 2.58. The fourth-order valence-corrected chi connectivity index (χ4v) is 2.45. The maximum Gasteiger partial charge on any atom is 0.0126 e. The second-order valence-electron chi connectivity index (χ2n) is 4.68. The van der Waals surface area contributed by atoms with Crippen LogP contribution in [0.15, 0.2) is 12.2 Å². The lowest BCUT2D eigenvalue weighted by Gasteiger charge is -2.13.